The van der Waals surface area contributed by atoms with Crippen LogP contribution in [0.2, 0.25) is 0 Å². The molecule has 1 saturated heterocycles. The van der Waals surface area contributed by atoms with Crippen LogP contribution in [0.1, 0.15) is 11.3 Å². The number of amides is 1. The van der Waals surface area contributed by atoms with E-state index in [0.717, 1.165) is 23.2 Å². The molecule has 1 aromatic rings. The van der Waals surface area contributed by atoms with E-state index >= 15 is 0 Å². The molecular formula is C12H16N4O3. The third-order valence-corrected chi connectivity index (χ3v) is 2.97. The fourth-order valence-electron chi connectivity index (χ4n) is 2.21. The maximum Gasteiger partial charge on any atom is 0.328 e. The lowest BCUT2D eigenvalue weighted by Gasteiger charge is -2.29. The monoisotopic (exact) mass is 264 g/mol. The Balaban J connectivity index is 2.38. The largest absolute Gasteiger partial charge is 0.478 e. The van der Waals surface area contributed by atoms with E-state index in [1.54, 1.807) is 11.7 Å². The maximum absolute atomic E-state index is 11.4. The highest BCUT2D eigenvalue weighted by atomic mass is 16.4. The molecule has 0 spiro atoms. The van der Waals surface area contributed by atoms with Crippen molar-refractivity contribution in [3.05, 3.63) is 17.3 Å². The minimum atomic E-state index is -1.01. The molecule has 7 nitrogen and oxygen atoms in total. The Morgan fingerprint density at radius 1 is 1.53 bits per heavy atom. The summed E-state index contributed by atoms with van der Waals surface area (Å²) in [6.07, 6.45) is 2.60. The zero-order chi connectivity index (χ0) is 14.0. The van der Waals surface area contributed by atoms with E-state index in [0.29, 0.717) is 13.1 Å². The van der Waals surface area contributed by atoms with Crippen LogP contribution in [-0.2, 0) is 16.6 Å². The third kappa shape index (κ3) is 2.75. The summed E-state index contributed by atoms with van der Waals surface area (Å²) in [4.78, 5) is 24.0. The number of hydrogen-bond acceptors (Lipinski definition) is 4. The molecular weight excluding hydrogens is 248 g/mol. The van der Waals surface area contributed by atoms with Crippen LogP contribution in [0.25, 0.3) is 6.08 Å². The molecule has 1 amide bonds. The molecule has 1 aliphatic rings. The predicted molar refractivity (Wildman–Crippen MR) is 69.8 cm³/mol. The van der Waals surface area contributed by atoms with E-state index in [4.69, 9.17) is 5.11 Å². The second kappa shape index (κ2) is 5.13. The Kier molecular flexibility index (Phi) is 3.55. The number of piperazine rings is 1. The third-order valence-electron chi connectivity index (χ3n) is 2.97. The van der Waals surface area contributed by atoms with E-state index in [1.165, 1.54) is 6.08 Å². The predicted octanol–water partition coefficient (Wildman–Crippen LogP) is -0.237. The van der Waals surface area contributed by atoms with Crippen molar-refractivity contribution in [3.8, 4) is 0 Å². The standard InChI is InChI=1S/C12H16N4O3/c1-8-9(3-4-11(18)19)12(15(2)14-8)16-6-5-13-10(17)7-16/h3-4H,5-7H2,1-2H3,(H,13,17)(H,18,19)/b4-3+. The van der Waals surface area contributed by atoms with Gasteiger partial charge in [0.25, 0.3) is 0 Å². The number of anilines is 1. The smallest absolute Gasteiger partial charge is 0.328 e. The van der Waals surface area contributed by atoms with Gasteiger partial charge in [-0.1, -0.05) is 0 Å². The molecule has 0 bridgehead atoms. The summed E-state index contributed by atoms with van der Waals surface area (Å²) in [6.45, 7) is 3.33. The Bertz CT molecular complexity index is 547. The SMILES string of the molecule is Cc1nn(C)c(N2CCNC(=O)C2)c1/C=C/C(=O)O. The van der Waals surface area contributed by atoms with Crippen molar-refractivity contribution in [1.82, 2.24) is 15.1 Å². The molecule has 19 heavy (non-hydrogen) atoms. The Labute approximate surface area is 110 Å². The second-order valence-electron chi connectivity index (χ2n) is 4.39. The topological polar surface area (TPSA) is 87.5 Å². The lowest BCUT2D eigenvalue weighted by Crippen LogP contribution is -2.48. The number of carboxylic acid groups (broad SMARTS) is 1. The summed E-state index contributed by atoms with van der Waals surface area (Å²) in [5.41, 5.74) is 1.47. The quantitative estimate of drug-likeness (QED) is 0.736. The lowest BCUT2D eigenvalue weighted by molar-refractivity contribution is -0.131. The van der Waals surface area contributed by atoms with Crippen molar-refractivity contribution in [2.75, 3.05) is 24.5 Å². The van der Waals surface area contributed by atoms with Gasteiger partial charge in [0.05, 0.1) is 12.2 Å². The number of hydrogen-bond donors (Lipinski definition) is 2. The van der Waals surface area contributed by atoms with Crippen LogP contribution in [-0.4, -0.2) is 46.4 Å². The van der Waals surface area contributed by atoms with Crippen LogP contribution in [0.4, 0.5) is 5.82 Å². The van der Waals surface area contributed by atoms with Crippen LogP contribution >= 0.6 is 0 Å². The highest BCUT2D eigenvalue weighted by Crippen LogP contribution is 2.25. The molecule has 7 heteroatoms. The van der Waals surface area contributed by atoms with Gasteiger partial charge in [-0.25, -0.2) is 4.79 Å². The molecule has 0 radical (unpaired) electrons. The van der Waals surface area contributed by atoms with Gasteiger partial charge in [-0.15, -0.1) is 0 Å². The highest BCUT2D eigenvalue weighted by Gasteiger charge is 2.22. The number of carbonyl (C=O) groups excluding carboxylic acids is 1. The van der Waals surface area contributed by atoms with Gasteiger partial charge in [0.1, 0.15) is 5.82 Å². The van der Waals surface area contributed by atoms with Crippen LogP contribution in [0.3, 0.4) is 0 Å². The van der Waals surface area contributed by atoms with Crippen molar-refractivity contribution < 1.29 is 14.7 Å². The van der Waals surface area contributed by atoms with E-state index in [1.807, 2.05) is 11.8 Å². The zero-order valence-electron chi connectivity index (χ0n) is 10.9. The summed E-state index contributed by atoms with van der Waals surface area (Å²) >= 11 is 0. The Morgan fingerprint density at radius 3 is 2.89 bits per heavy atom. The van der Waals surface area contributed by atoms with Gasteiger partial charge < -0.3 is 15.3 Å². The number of nitrogens with zero attached hydrogens (tertiary/aromatic N) is 3. The zero-order valence-corrected chi connectivity index (χ0v) is 10.9. The van der Waals surface area contributed by atoms with E-state index < -0.39 is 5.97 Å². The molecule has 1 fully saturated rings. The van der Waals surface area contributed by atoms with Gasteiger partial charge in [0.15, 0.2) is 0 Å². The molecule has 2 rings (SSSR count). The minimum Gasteiger partial charge on any atom is -0.478 e. The van der Waals surface area contributed by atoms with Crippen LogP contribution in [0, 0.1) is 6.92 Å². The summed E-state index contributed by atoms with van der Waals surface area (Å²) in [6, 6.07) is 0. The van der Waals surface area contributed by atoms with Crippen LogP contribution < -0.4 is 10.2 Å². The van der Waals surface area contributed by atoms with Gasteiger partial charge in [-0.05, 0) is 13.0 Å². The molecule has 1 aliphatic heterocycles. The van der Waals surface area contributed by atoms with Crippen molar-refractivity contribution in [2.24, 2.45) is 7.05 Å². The summed E-state index contributed by atoms with van der Waals surface area (Å²) in [5, 5.41) is 15.8. The average molecular weight is 264 g/mol. The number of carboxylic acids is 1. The van der Waals surface area contributed by atoms with E-state index in [-0.39, 0.29) is 12.5 Å². The summed E-state index contributed by atoms with van der Waals surface area (Å²) in [5.74, 6) is -0.284. The lowest BCUT2D eigenvalue weighted by atomic mass is 10.2. The molecule has 102 valence electrons. The number of rotatable bonds is 3. The Morgan fingerprint density at radius 2 is 2.26 bits per heavy atom. The number of aromatic nitrogens is 2. The van der Waals surface area contributed by atoms with Gasteiger partial charge >= 0.3 is 5.97 Å². The average Bonchev–Trinajstić information content (AvgIpc) is 2.61. The Hall–Kier alpha value is -2.31. The molecule has 0 atom stereocenters. The van der Waals surface area contributed by atoms with Crippen molar-refractivity contribution >= 4 is 23.8 Å². The highest BCUT2D eigenvalue weighted by molar-refractivity contribution is 5.88. The molecule has 0 aromatic carbocycles. The van der Waals surface area contributed by atoms with E-state index in [2.05, 4.69) is 10.4 Å². The number of carbonyl (C=O) groups is 2. The second-order valence-corrected chi connectivity index (χ2v) is 4.39. The summed E-state index contributed by atoms with van der Waals surface area (Å²) < 4.78 is 1.68. The van der Waals surface area contributed by atoms with Gasteiger partial charge in [-0.3, -0.25) is 9.48 Å². The molecule has 0 aliphatic carbocycles. The number of aryl methyl sites for hydroxylation is 2. The number of aliphatic carboxylic acids is 1. The fourth-order valence-corrected chi connectivity index (χ4v) is 2.21. The minimum absolute atomic E-state index is 0.0433. The molecule has 0 saturated carbocycles. The van der Waals surface area contributed by atoms with Crippen molar-refractivity contribution in [3.63, 3.8) is 0 Å². The van der Waals surface area contributed by atoms with Gasteiger partial charge in [0, 0.05) is 31.8 Å². The molecule has 1 aromatic heterocycles. The van der Waals surface area contributed by atoms with Crippen LogP contribution in [0.5, 0.6) is 0 Å². The van der Waals surface area contributed by atoms with Gasteiger partial charge in [0.2, 0.25) is 5.91 Å². The van der Waals surface area contributed by atoms with Crippen molar-refractivity contribution in [2.45, 2.75) is 6.92 Å². The van der Waals surface area contributed by atoms with Crippen molar-refractivity contribution in [1.29, 1.82) is 0 Å². The normalized spacial score (nSPS) is 15.9. The van der Waals surface area contributed by atoms with E-state index in [9.17, 15) is 9.59 Å². The number of nitrogens with one attached hydrogen (secondary N) is 1. The molecule has 0 unspecified atom stereocenters. The van der Waals surface area contributed by atoms with Crippen LogP contribution in [0.15, 0.2) is 6.08 Å². The first-order valence-corrected chi connectivity index (χ1v) is 5.95. The van der Waals surface area contributed by atoms with Gasteiger partial charge in [-0.2, -0.15) is 5.10 Å². The molecule has 2 N–H and O–H groups in total. The first-order chi connectivity index (χ1) is 8.99. The first kappa shape index (κ1) is 13.1. The fraction of sp³-hybridized carbons (Fsp3) is 0.417. The first-order valence-electron chi connectivity index (χ1n) is 5.95. The summed E-state index contributed by atoms with van der Waals surface area (Å²) in [7, 11) is 1.78. The maximum atomic E-state index is 11.4. The molecule has 2 heterocycles.